The number of halogens is 2. The molecule has 0 aliphatic carbocycles. The Morgan fingerprint density at radius 1 is 0.914 bits per heavy atom. The standard InChI is InChI=1S/C25H17F2N3O4S/c1-30(35(33,34)18-9-4-15(26)5-10-18)17-7-2-14(3-8-17)23-24-20(13-22(29-23)25(31)32)19-12-16(27)6-11-21(19)28-24/h2-13,28H,1H3,(H,31,32). The zero-order valence-electron chi connectivity index (χ0n) is 18.2. The lowest BCUT2D eigenvalue weighted by Crippen LogP contribution is -2.26. The maximum Gasteiger partial charge on any atom is 0.354 e. The van der Waals surface area contributed by atoms with Crippen LogP contribution in [0.15, 0.2) is 77.7 Å². The van der Waals surface area contributed by atoms with E-state index in [1.807, 2.05) is 0 Å². The van der Waals surface area contributed by atoms with E-state index in [0.717, 1.165) is 16.4 Å². The van der Waals surface area contributed by atoms with Crippen LogP contribution in [0.4, 0.5) is 14.5 Å². The summed E-state index contributed by atoms with van der Waals surface area (Å²) in [4.78, 5) is 19.1. The van der Waals surface area contributed by atoms with Gasteiger partial charge in [0.2, 0.25) is 0 Å². The molecular weight excluding hydrogens is 476 g/mol. The van der Waals surface area contributed by atoms with Crippen molar-refractivity contribution in [1.29, 1.82) is 0 Å². The van der Waals surface area contributed by atoms with Gasteiger partial charge in [0.05, 0.1) is 21.8 Å². The Kier molecular flexibility index (Phi) is 5.25. The van der Waals surface area contributed by atoms with E-state index in [4.69, 9.17) is 0 Å². The molecule has 0 unspecified atom stereocenters. The molecule has 5 aromatic rings. The highest BCUT2D eigenvalue weighted by molar-refractivity contribution is 7.92. The molecule has 0 fully saturated rings. The molecule has 0 saturated heterocycles. The quantitative estimate of drug-likeness (QED) is 0.351. The van der Waals surface area contributed by atoms with Crippen molar-refractivity contribution in [2.75, 3.05) is 11.4 Å². The second kappa shape index (κ2) is 8.17. The monoisotopic (exact) mass is 493 g/mol. The number of sulfonamides is 1. The predicted molar refractivity (Wildman–Crippen MR) is 128 cm³/mol. The molecule has 176 valence electrons. The normalized spacial score (nSPS) is 11.7. The summed E-state index contributed by atoms with van der Waals surface area (Å²) in [5.74, 6) is -2.23. The van der Waals surface area contributed by atoms with Gasteiger partial charge in [-0.05, 0) is 60.7 Å². The summed E-state index contributed by atoms with van der Waals surface area (Å²) in [6, 6.07) is 16.4. The molecule has 2 heterocycles. The molecule has 0 aliphatic rings. The number of carboxylic acid groups (broad SMARTS) is 1. The third kappa shape index (κ3) is 3.87. The Bertz CT molecular complexity index is 1710. The number of fused-ring (bicyclic) bond motifs is 3. The highest BCUT2D eigenvalue weighted by Crippen LogP contribution is 2.34. The van der Waals surface area contributed by atoms with Crippen LogP contribution >= 0.6 is 0 Å². The first-order valence-electron chi connectivity index (χ1n) is 10.4. The lowest BCUT2D eigenvalue weighted by atomic mass is 10.1. The Morgan fingerprint density at radius 2 is 1.57 bits per heavy atom. The molecule has 0 amide bonds. The number of benzene rings is 3. The minimum Gasteiger partial charge on any atom is -0.477 e. The second-order valence-electron chi connectivity index (χ2n) is 7.87. The molecule has 3 aromatic carbocycles. The highest BCUT2D eigenvalue weighted by atomic mass is 32.2. The number of nitrogens with zero attached hydrogens (tertiary/aromatic N) is 2. The molecule has 2 N–H and O–H groups in total. The zero-order chi connectivity index (χ0) is 24.9. The number of carboxylic acids is 1. The third-order valence-electron chi connectivity index (χ3n) is 5.75. The van der Waals surface area contributed by atoms with Crippen LogP contribution in [-0.4, -0.2) is 36.5 Å². The van der Waals surface area contributed by atoms with Crippen LogP contribution < -0.4 is 4.31 Å². The lowest BCUT2D eigenvalue weighted by molar-refractivity contribution is 0.0691. The van der Waals surface area contributed by atoms with Crippen LogP contribution in [-0.2, 0) is 10.0 Å². The van der Waals surface area contributed by atoms with Gasteiger partial charge in [-0.1, -0.05) is 12.1 Å². The predicted octanol–water partition coefficient (Wildman–Crippen LogP) is 5.18. The van der Waals surface area contributed by atoms with E-state index in [9.17, 15) is 27.1 Å². The fourth-order valence-electron chi connectivity index (χ4n) is 3.92. The number of aromatic amines is 1. The molecule has 35 heavy (non-hydrogen) atoms. The summed E-state index contributed by atoms with van der Waals surface area (Å²) in [5, 5.41) is 10.6. The number of H-pyrrole nitrogens is 1. The summed E-state index contributed by atoms with van der Waals surface area (Å²) in [6.07, 6.45) is 0. The Morgan fingerprint density at radius 3 is 2.23 bits per heavy atom. The number of aromatic carboxylic acids is 1. The van der Waals surface area contributed by atoms with Crippen molar-refractivity contribution in [2.45, 2.75) is 4.90 Å². The van der Waals surface area contributed by atoms with Crippen molar-refractivity contribution in [1.82, 2.24) is 9.97 Å². The number of aromatic nitrogens is 2. The smallest absolute Gasteiger partial charge is 0.354 e. The summed E-state index contributed by atoms with van der Waals surface area (Å²) >= 11 is 0. The minimum atomic E-state index is -3.93. The average molecular weight is 493 g/mol. The van der Waals surface area contributed by atoms with Crippen molar-refractivity contribution >= 4 is 43.5 Å². The van der Waals surface area contributed by atoms with Gasteiger partial charge < -0.3 is 10.1 Å². The van der Waals surface area contributed by atoms with Crippen molar-refractivity contribution in [3.8, 4) is 11.3 Å². The first kappa shape index (κ1) is 22.5. The zero-order valence-corrected chi connectivity index (χ0v) is 19.0. The van der Waals surface area contributed by atoms with Gasteiger partial charge in [0.25, 0.3) is 10.0 Å². The van der Waals surface area contributed by atoms with Crippen molar-refractivity contribution in [3.63, 3.8) is 0 Å². The van der Waals surface area contributed by atoms with E-state index in [-0.39, 0.29) is 10.6 Å². The Labute approximate surface area is 198 Å². The van der Waals surface area contributed by atoms with Crippen LogP contribution in [0.25, 0.3) is 33.1 Å². The number of rotatable bonds is 5. The first-order valence-corrected chi connectivity index (χ1v) is 11.8. The summed E-state index contributed by atoms with van der Waals surface area (Å²) in [5.41, 5.74) is 2.12. The molecule has 0 radical (unpaired) electrons. The van der Waals surface area contributed by atoms with Gasteiger partial charge in [0.15, 0.2) is 0 Å². The van der Waals surface area contributed by atoms with E-state index in [1.165, 1.54) is 37.4 Å². The fourth-order valence-corrected chi connectivity index (χ4v) is 5.11. The average Bonchev–Trinajstić information content (AvgIpc) is 3.21. The molecule has 0 aliphatic heterocycles. The molecule has 7 nitrogen and oxygen atoms in total. The largest absolute Gasteiger partial charge is 0.477 e. The SMILES string of the molecule is CN(c1ccc(-c2nc(C(=O)O)cc3c2[nH]c2ccc(F)cc23)cc1)S(=O)(=O)c1ccc(F)cc1. The van der Waals surface area contributed by atoms with Crippen LogP contribution in [0.1, 0.15) is 10.5 Å². The van der Waals surface area contributed by atoms with Gasteiger partial charge in [-0.2, -0.15) is 0 Å². The van der Waals surface area contributed by atoms with Gasteiger partial charge >= 0.3 is 5.97 Å². The van der Waals surface area contributed by atoms with E-state index in [0.29, 0.717) is 38.8 Å². The van der Waals surface area contributed by atoms with Gasteiger partial charge in [-0.25, -0.2) is 27.0 Å². The second-order valence-corrected chi connectivity index (χ2v) is 9.84. The first-order chi connectivity index (χ1) is 16.6. The maximum absolute atomic E-state index is 13.9. The Balaban J connectivity index is 1.60. The molecule has 0 saturated carbocycles. The number of pyridine rings is 1. The van der Waals surface area contributed by atoms with Crippen LogP contribution in [0.5, 0.6) is 0 Å². The topological polar surface area (TPSA) is 103 Å². The molecule has 5 rings (SSSR count). The summed E-state index contributed by atoms with van der Waals surface area (Å²) < 4.78 is 54.0. The molecule has 10 heteroatoms. The van der Waals surface area contributed by atoms with Gasteiger partial charge in [-0.15, -0.1) is 0 Å². The number of nitrogens with one attached hydrogen (secondary N) is 1. The maximum atomic E-state index is 13.9. The lowest BCUT2D eigenvalue weighted by Gasteiger charge is -2.20. The summed E-state index contributed by atoms with van der Waals surface area (Å²) in [6.45, 7) is 0. The molecule has 0 atom stereocenters. The Hall–Kier alpha value is -4.31. The third-order valence-corrected chi connectivity index (χ3v) is 7.55. The number of hydrogen-bond acceptors (Lipinski definition) is 4. The molecule has 0 spiro atoms. The van der Waals surface area contributed by atoms with Crippen LogP contribution in [0.2, 0.25) is 0 Å². The van der Waals surface area contributed by atoms with E-state index >= 15 is 0 Å². The van der Waals surface area contributed by atoms with Gasteiger partial charge in [0, 0.05) is 28.9 Å². The molecular formula is C25H17F2N3O4S. The molecule has 2 aromatic heterocycles. The van der Waals surface area contributed by atoms with Crippen LogP contribution in [0.3, 0.4) is 0 Å². The van der Waals surface area contributed by atoms with E-state index < -0.39 is 27.6 Å². The van der Waals surface area contributed by atoms with E-state index in [1.54, 1.807) is 30.3 Å². The molecule has 0 bridgehead atoms. The fraction of sp³-hybridized carbons (Fsp3) is 0.0400. The number of anilines is 1. The van der Waals surface area contributed by atoms with Crippen molar-refractivity contribution in [3.05, 3.63) is 90.1 Å². The minimum absolute atomic E-state index is 0.0617. The van der Waals surface area contributed by atoms with Crippen LogP contribution in [0, 0.1) is 11.6 Å². The van der Waals surface area contributed by atoms with Crippen molar-refractivity contribution in [2.24, 2.45) is 0 Å². The number of hydrogen-bond donors (Lipinski definition) is 2. The van der Waals surface area contributed by atoms with Gasteiger partial charge in [0.1, 0.15) is 17.3 Å². The summed E-state index contributed by atoms with van der Waals surface area (Å²) in [7, 11) is -2.55. The number of carbonyl (C=O) groups is 1. The highest BCUT2D eigenvalue weighted by Gasteiger charge is 2.22. The van der Waals surface area contributed by atoms with Crippen molar-refractivity contribution < 1.29 is 27.1 Å². The van der Waals surface area contributed by atoms with E-state index in [2.05, 4.69) is 9.97 Å². The van der Waals surface area contributed by atoms with Gasteiger partial charge in [-0.3, -0.25) is 4.31 Å².